The van der Waals surface area contributed by atoms with Gasteiger partial charge in [0.25, 0.3) is 0 Å². The molecular weight excluding hydrogens is 294 g/mol. The second-order valence-electron chi connectivity index (χ2n) is 6.69. The highest BCUT2D eigenvalue weighted by Gasteiger charge is 2.31. The number of aromatic nitrogens is 3. The number of piperazine rings is 1. The van der Waals surface area contributed by atoms with E-state index in [0.29, 0.717) is 5.92 Å². The lowest BCUT2D eigenvalue weighted by Gasteiger charge is -2.36. The van der Waals surface area contributed by atoms with Crippen LogP contribution in [0.2, 0.25) is 0 Å². The van der Waals surface area contributed by atoms with E-state index in [2.05, 4.69) is 32.0 Å². The zero-order chi connectivity index (χ0) is 15.8. The van der Waals surface area contributed by atoms with E-state index in [9.17, 15) is 0 Å². The van der Waals surface area contributed by atoms with Gasteiger partial charge in [-0.05, 0) is 26.7 Å². The van der Waals surface area contributed by atoms with Crippen LogP contribution >= 0.6 is 0 Å². The molecule has 7 heteroatoms. The van der Waals surface area contributed by atoms with Crippen LogP contribution in [0.3, 0.4) is 0 Å². The summed E-state index contributed by atoms with van der Waals surface area (Å²) in [6.45, 7) is 8.94. The highest BCUT2D eigenvalue weighted by molar-refractivity contribution is 5.05. The maximum absolute atomic E-state index is 5.47. The predicted octanol–water partition coefficient (Wildman–Crippen LogP) is 2.12. The van der Waals surface area contributed by atoms with Gasteiger partial charge in [-0.15, -0.1) is 0 Å². The molecule has 4 rings (SSSR count). The summed E-state index contributed by atoms with van der Waals surface area (Å²) in [5.74, 6) is 3.13. The number of hydrogen-bond donors (Lipinski definition) is 0. The van der Waals surface area contributed by atoms with Gasteiger partial charge in [0, 0.05) is 38.2 Å². The molecule has 2 fully saturated rings. The predicted molar refractivity (Wildman–Crippen MR) is 82.8 cm³/mol. The molecule has 1 aliphatic heterocycles. The zero-order valence-corrected chi connectivity index (χ0v) is 13.7. The van der Waals surface area contributed by atoms with Crippen LogP contribution in [0.4, 0.5) is 0 Å². The van der Waals surface area contributed by atoms with Crippen LogP contribution < -0.4 is 0 Å². The average Bonchev–Trinajstić information content (AvgIpc) is 3.15. The molecule has 3 heterocycles. The minimum absolute atomic E-state index is 0.185. The third-order valence-electron chi connectivity index (χ3n) is 4.77. The van der Waals surface area contributed by atoms with E-state index in [-0.39, 0.29) is 6.04 Å². The van der Waals surface area contributed by atoms with Gasteiger partial charge in [-0.25, -0.2) is 0 Å². The molecule has 0 radical (unpaired) electrons. The molecule has 1 saturated heterocycles. The van der Waals surface area contributed by atoms with E-state index in [4.69, 9.17) is 9.05 Å². The molecule has 23 heavy (non-hydrogen) atoms. The Balaban J connectivity index is 1.31. The molecule has 0 bridgehead atoms. The molecule has 0 spiro atoms. The second-order valence-corrected chi connectivity index (χ2v) is 6.69. The first-order chi connectivity index (χ1) is 11.2. The Morgan fingerprint density at radius 2 is 1.96 bits per heavy atom. The van der Waals surface area contributed by atoms with Gasteiger partial charge in [-0.1, -0.05) is 10.3 Å². The summed E-state index contributed by atoms with van der Waals surface area (Å²) >= 11 is 0. The van der Waals surface area contributed by atoms with Crippen LogP contribution in [0.15, 0.2) is 15.1 Å². The summed E-state index contributed by atoms with van der Waals surface area (Å²) < 4.78 is 10.8. The Labute approximate surface area is 135 Å². The Morgan fingerprint density at radius 3 is 2.61 bits per heavy atom. The monoisotopic (exact) mass is 317 g/mol. The van der Waals surface area contributed by atoms with E-state index in [1.807, 2.05) is 13.0 Å². The first-order valence-corrected chi connectivity index (χ1v) is 8.41. The lowest BCUT2D eigenvalue weighted by Crippen LogP contribution is -2.46. The topological polar surface area (TPSA) is 71.4 Å². The molecule has 1 aliphatic carbocycles. The average molecular weight is 317 g/mol. The third kappa shape index (κ3) is 3.30. The minimum Gasteiger partial charge on any atom is -0.360 e. The fourth-order valence-electron chi connectivity index (χ4n) is 3.10. The van der Waals surface area contributed by atoms with Crippen molar-refractivity contribution in [3.63, 3.8) is 0 Å². The highest BCUT2D eigenvalue weighted by atomic mass is 16.5. The fraction of sp³-hybridized carbons (Fsp3) is 0.688. The molecule has 2 aromatic rings. The smallest absolute Gasteiger partial charge is 0.243 e. The molecule has 0 amide bonds. The van der Waals surface area contributed by atoms with E-state index < -0.39 is 0 Å². The zero-order valence-electron chi connectivity index (χ0n) is 13.7. The van der Waals surface area contributed by atoms with Crippen LogP contribution in [0.5, 0.6) is 0 Å². The van der Waals surface area contributed by atoms with Crippen LogP contribution in [0.1, 0.15) is 54.9 Å². The maximum Gasteiger partial charge on any atom is 0.243 e. The molecule has 124 valence electrons. The van der Waals surface area contributed by atoms with Gasteiger partial charge in [0.05, 0.1) is 18.3 Å². The molecule has 1 saturated carbocycles. The minimum atomic E-state index is 0.185. The van der Waals surface area contributed by atoms with Crippen molar-refractivity contribution in [2.24, 2.45) is 0 Å². The third-order valence-corrected chi connectivity index (χ3v) is 4.77. The molecule has 2 aliphatic rings. The molecule has 2 aromatic heterocycles. The van der Waals surface area contributed by atoms with Gasteiger partial charge >= 0.3 is 0 Å². The van der Waals surface area contributed by atoms with Gasteiger partial charge in [-0.3, -0.25) is 9.80 Å². The molecular formula is C16H23N5O2. The van der Waals surface area contributed by atoms with E-state index in [1.165, 1.54) is 12.8 Å². The van der Waals surface area contributed by atoms with Crippen molar-refractivity contribution in [1.82, 2.24) is 25.1 Å². The number of hydrogen-bond acceptors (Lipinski definition) is 7. The molecule has 1 atom stereocenters. The van der Waals surface area contributed by atoms with Crippen molar-refractivity contribution in [2.45, 2.75) is 45.2 Å². The lowest BCUT2D eigenvalue weighted by molar-refractivity contribution is 0.0795. The van der Waals surface area contributed by atoms with Crippen molar-refractivity contribution in [1.29, 1.82) is 0 Å². The summed E-state index contributed by atoms with van der Waals surface area (Å²) in [7, 11) is 0. The van der Waals surface area contributed by atoms with Crippen LogP contribution in [-0.4, -0.2) is 51.3 Å². The molecule has 0 aromatic carbocycles. The second kappa shape index (κ2) is 6.05. The standard InChI is InChI=1S/C16H23N5O2/c1-11-9-14(22-18-11)10-20-5-7-21(8-6-20)12(2)16-17-15(19-23-16)13-3-4-13/h9,12-13H,3-8,10H2,1-2H3/t12-/m0/s1. The van der Waals surface area contributed by atoms with Gasteiger partial charge in [0.1, 0.15) is 0 Å². The molecule has 0 N–H and O–H groups in total. The first-order valence-electron chi connectivity index (χ1n) is 8.41. The maximum atomic E-state index is 5.47. The van der Waals surface area contributed by atoms with Crippen molar-refractivity contribution in [2.75, 3.05) is 26.2 Å². The first kappa shape index (κ1) is 14.8. The van der Waals surface area contributed by atoms with Crippen molar-refractivity contribution < 1.29 is 9.05 Å². The lowest BCUT2D eigenvalue weighted by atomic mass is 10.2. The van der Waals surface area contributed by atoms with Gasteiger partial charge in [0.2, 0.25) is 5.89 Å². The quantitative estimate of drug-likeness (QED) is 0.836. The number of rotatable bonds is 5. The highest BCUT2D eigenvalue weighted by Crippen LogP contribution is 2.38. The summed E-state index contributed by atoms with van der Waals surface area (Å²) in [5.41, 5.74) is 0.940. The van der Waals surface area contributed by atoms with E-state index in [1.54, 1.807) is 0 Å². The summed E-state index contributed by atoms with van der Waals surface area (Å²) in [4.78, 5) is 9.39. The fourth-order valence-corrected chi connectivity index (χ4v) is 3.10. The van der Waals surface area contributed by atoms with Gasteiger partial charge in [-0.2, -0.15) is 4.98 Å². The number of aryl methyl sites for hydroxylation is 1. The SMILES string of the molecule is Cc1cc(CN2CCN([C@@H](C)c3nc(C4CC4)no3)CC2)on1. The summed E-state index contributed by atoms with van der Waals surface area (Å²) in [5, 5.41) is 8.07. The van der Waals surface area contributed by atoms with Crippen LogP contribution in [0, 0.1) is 6.92 Å². The van der Waals surface area contributed by atoms with Crippen LogP contribution in [-0.2, 0) is 6.54 Å². The molecule has 7 nitrogen and oxygen atoms in total. The van der Waals surface area contributed by atoms with Crippen molar-refractivity contribution >= 4 is 0 Å². The van der Waals surface area contributed by atoms with E-state index >= 15 is 0 Å². The van der Waals surface area contributed by atoms with E-state index in [0.717, 1.165) is 55.9 Å². The Kier molecular flexibility index (Phi) is 3.90. The largest absolute Gasteiger partial charge is 0.360 e. The normalized spacial score (nSPS) is 21.7. The van der Waals surface area contributed by atoms with Gasteiger partial charge in [0.15, 0.2) is 11.6 Å². The van der Waals surface area contributed by atoms with Gasteiger partial charge < -0.3 is 9.05 Å². The summed E-state index contributed by atoms with van der Waals surface area (Å²) in [6.07, 6.45) is 2.40. The number of nitrogens with zero attached hydrogens (tertiary/aromatic N) is 5. The Morgan fingerprint density at radius 1 is 1.17 bits per heavy atom. The van der Waals surface area contributed by atoms with Crippen molar-refractivity contribution in [3.8, 4) is 0 Å². The van der Waals surface area contributed by atoms with Crippen LogP contribution in [0.25, 0.3) is 0 Å². The van der Waals surface area contributed by atoms with Crippen molar-refractivity contribution in [3.05, 3.63) is 29.2 Å². The summed E-state index contributed by atoms with van der Waals surface area (Å²) in [6, 6.07) is 2.19. The molecule has 0 unspecified atom stereocenters. The Bertz CT molecular complexity index is 655. The Hall–Kier alpha value is -1.73.